The Labute approximate surface area is 190 Å². The quantitative estimate of drug-likeness (QED) is 0.629. The summed E-state index contributed by atoms with van der Waals surface area (Å²) in [6.07, 6.45) is 1.86. The number of nitrogens with one attached hydrogen (secondary N) is 1. The maximum absolute atomic E-state index is 5.83. The molecular formula is C23H33N5O2S. The van der Waals surface area contributed by atoms with Gasteiger partial charge in [0, 0.05) is 57.4 Å². The molecule has 0 spiro atoms. The Morgan fingerprint density at radius 1 is 1.19 bits per heavy atom. The van der Waals surface area contributed by atoms with Crippen molar-refractivity contribution < 1.29 is 9.47 Å². The minimum absolute atomic E-state index is 0.0229. The molecule has 2 saturated heterocycles. The molecule has 8 heteroatoms. The van der Waals surface area contributed by atoms with Crippen molar-refractivity contribution in [2.75, 3.05) is 53.1 Å². The lowest BCUT2D eigenvalue weighted by Gasteiger charge is -2.32. The molecule has 0 bridgehead atoms. The van der Waals surface area contributed by atoms with Gasteiger partial charge < -0.3 is 24.3 Å². The Morgan fingerprint density at radius 2 is 2.00 bits per heavy atom. The summed E-state index contributed by atoms with van der Waals surface area (Å²) >= 11 is 5.83. The number of hydrogen-bond acceptors (Lipinski definition) is 5. The van der Waals surface area contributed by atoms with E-state index in [1.54, 1.807) is 7.11 Å². The van der Waals surface area contributed by atoms with Crippen molar-refractivity contribution in [2.45, 2.75) is 32.5 Å². The predicted octanol–water partition coefficient (Wildman–Crippen LogP) is 2.45. The molecule has 2 aromatic heterocycles. The SMILES string of the molecule is COCCn1c(C)cc([C@H]2[C@@H](c3ccccn3)NC(=S)N2CCN2CCOCC2)c1C. The van der Waals surface area contributed by atoms with Crippen molar-refractivity contribution in [1.29, 1.82) is 0 Å². The molecule has 2 aromatic rings. The first-order valence-corrected chi connectivity index (χ1v) is 11.4. The number of nitrogens with zero attached hydrogens (tertiary/aromatic N) is 4. The molecule has 2 atom stereocenters. The van der Waals surface area contributed by atoms with Crippen molar-refractivity contribution in [1.82, 2.24) is 24.7 Å². The Bertz CT molecular complexity index is 882. The van der Waals surface area contributed by atoms with Gasteiger partial charge in [0.05, 0.1) is 37.6 Å². The van der Waals surface area contributed by atoms with E-state index in [1.165, 1.54) is 17.0 Å². The Balaban J connectivity index is 1.65. The molecule has 4 rings (SSSR count). The number of hydrogen-bond donors (Lipinski definition) is 1. The molecule has 2 aliphatic rings. The van der Waals surface area contributed by atoms with E-state index in [1.807, 2.05) is 18.3 Å². The van der Waals surface area contributed by atoms with Gasteiger partial charge >= 0.3 is 0 Å². The predicted molar refractivity (Wildman–Crippen MR) is 125 cm³/mol. The summed E-state index contributed by atoms with van der Waals surface area (Å²) in [5.41, 5.74) is 4.84. The highest BCUT2D eigenvalue weighted by Gasteiger charge is 2.41. The van der Waals surface area contributed by atoms with E-state index in [2.05, 4.69) is 50.6 Å². The summed E-state index contributed by atoms with van der Waals surface area (Å²) in [6.45, 7) is 11.3. The lowest BCUT2D eigenvalue weighted by atomic mass is 9.97. The van der Waals surface area contributed by atoms with Gasteiger partial charge in [0.15, 0.2) is 5.11 Å². The molecule has 4 heterocycles. The average Bonchev–Trinajstić information content (AvgIpc) is 3.27. The molecule has 7 nitrogen and oxygen atoms in total. The normalized spacial score (nSPS) is 22.2. The fraction of sp³-hybridized carbons (Fsp3) is 0.565. The molecule has 2 aliphatic heterocycles. The first-order valence-electron chi connectivity index (χ1n) is 11.0. The third-order valence-electron chi connectivity index (χ3n) is 6.41. The largest absolute Gasteiger partial charge is 0.383 e. The minimum Gasteiger partial charge on any atom is -0.383 e. The van der Waals surface area contributed by atoms with Crippen LogP contribution in [0.2, 0.25) is 0 Å². The van der Waals surface area contributed by atoms with Crippen molar-refractivity contribution >= 4 is 17.3 Å². The minimum atomic E-state index is 0.0229. The summed E-state index contributed by atoms with van der Waals surface area (Å²) in [7, 11) is 1.75. The summed E-state index contributed by atoms with van der Waals surface area (Å²) in [4.78, 5) is 9.47. The van der Waals surface area contributed by atoms with Crippen LogP contribution in [0.25, 0.3) is 0 Å². The molecular weight excluding hydrogens is 410 g/mol. The number of ether oxygens (including phenoxy) is 2. The molecule has 168 valence electrons. The van der Waals surface area contributed by atoms with E-state index in [4.69, 9.17) is 21.7 Å². The monoisotopic (exact) mass is 443 g/mol. The van der Waals surface area contributed by atoms with Crippen LogP contribution in [0.4, 0.5) is 0 Å². The Morgan fingerprint density at radius 3 is 2.71 bits per heavy atom. The van der Waals surface area contributed by atoms with Crippen LogP contribution in [0.1, 0.15) is 34.7 Å². The zero-order chi connectivity index (χ0) is 21.8. The maximum Gasteiger partial charge on any atom is 0.170 e. The molecule has 31 heavy (non-hydrogen) atoms. The van der Waals surface area contributed by atoms with Crippen LogP contribution in [0, 0.1) is 13.8 Å². The molecule has 0 unspecified atom stereocenters. The highest BCUT2D eigenvalue weighted by molar-refractivity contribution is 7.80. The highest BCUT2D eigenvalue weighted by Crippen LogP contribution is 2.40. The van der Waals surface area contributed by atoms with E-state index in [-0.39, 0.29) is 12.1 Å². The van der Waals surface area contributed by atoms with Gasteiger partial charge in [0.2, 0.25) is 0 Å². The van der Waals surface area contributed by atoms with Gasteiger partial charge in [-0.05, 0) is 49.8 Å². The molecule has 0 amide bonds. The van der Waals surface area contributed by atoms with Crippen molar-refractivity contribution in [3.05, 3.63) is 53.1 Å². The fourth-order valence-corrected chi connectivity index (χ4v) is 5.04. The second-order valence-corrected chi connectivity index (χ2v) is 8.63. The van der Waals surface area contributed by atoms with E-state index >= 15 is 0 Å². The van der Waals surface area contributed by atoms with Crippen LogP contribution < -0.4 is 5.32 Å². The van der Waals surface area contributed by atoms with Gasteiger partial charge in [-0.2, -0.15) is 0 Å². The van der Waals surface area contributed by atoms with Gasteiger partial charge in [-0.25, -0.2) is 0 Å². The second-order valence-electron chi connectivity index (χ2n) is 8.24. The number of pyridine rings is 1. The van der Waals surface area contributed by atoms with Crippen LogP contribution >= 0.6 is 12.2 Å². The summed E-state index contributed by atoms with van der Waals surface area (Å²) in [5.74, 6) is 0. The number of morpholine rings is 1. The molecule has 0 aromatic carbocycles. The van der Waals surface area contributed by atoms with Gasteiger partial charge in [-0.3, -0.25) is 9.88 Å². The van der Waals surface area contributed by atoms with Crippen LogP contribution in [0.15, 0.2) is 30.5 Å². The van der Waals surface area contributed by atoms with E-state index < -0.39 is 0 Å². The van der Waals surface area contributed by atoms with E-state index in [0.29, 0.717) is 6.61 Å². The van der Waals surface area contributed by atoms with Gasteiger partial charge in [0.25, 0.3) is 0 Å². The van der Waals surface area contributed by atoms with Crippen LogP contribution in [0.5, 0.6) is 0 Å². The molecule has 0 radical (unpaired) electrons. The van der Waals surface area contributed by atoms with Crippen molar-refractivity contribution in [3.63, 3.8) is 0 Å². The zero-order valence-electron chi connectivity index (χ0n) is 18.7. The number of aryl methyl sites for hydroxylation is 1. The average molecular weight is 444 g/mol. The standard InChI is InChI=1S/C23H33N5O2S/c1-17-16-19(18(2)27(17)12-13-29-3)22-21(20-6-4-5-7-24-20)25-23(31)28(22)9-8-26-10-14-30-15-11-26/h4-7,16,21-22H,8-15H2,1-3H3,(H,25,31)/t21-,22+/m1/s1. The van der Waals surface area contributed by atoms with E-state index in [0.717, 1.165) is 56.7 Å². The van der Waals surface area contributed by atoms with Gasteiger partial charge in [0.1, 0.15) is 0 Å². The number of methoxy groups -OCH3 is 1. The Kier molecular flexibility index (Phi) is 7.22. The van der Waals surface area contributed by atoms with Crippen LogP contribution in [0.3, 0.4) is 0 Å². The molecule has 0 saturated carbocycles. The van der Waals surface area contributed by atoms with Crippen LogP contribution in [-0.4, -0.2) is 77.6 Å². The maximum atomic E-state index is 5.83. The van der Waals surface area contributed by atoms with Gasteiger partial charge in [-0.1, -0.05) is 6.07 Å². The summed E-state index contributed by atoms with van der Waals surface area (Å²) in [6, 6.07) is 8.52. The Hall–Kier alpha value is -2.00. The van der Waals surface area contributed by atoms with Gasteiger partial charge in [-0.15, -0.1) is 0 Å². The van der Waals surface area contributed by atoms with Crippen molar-refractivity contribution in [2.24, 2.45) is 0 Å². The summed E-state index contributed by atoms with van der Waals surface area (Å²) in [5, 5.41) is 4.37. The second kappa shape index (κ2) is 10.1. The molecule has 1 N–H and O–H groups in total. The molecule has 0 aliphatic carbocycles. The topological polar surface area (TPSA) is 54.8 Å². The third kappa shape index (κ3) is 4.77. The fourth-order valence-electron chi connectivity index (χ4n) is 4.71. The number of thiocarbonyl (C=S) groups is 1. The number of aromatic nitrogens is 2. The van der Waals surface area contributed by atoms with Crippen molar-refractivity contribution in [3.8, 4) is 0 Å². The highest BCUT2D eigenvalue weighted by atomic mass is 32.1. The zero-order valence-corrected chi connectivity index (χ0v) is 19.5. The lowest BCUT2D eigenvalue weighted by Crippen LogP contribution is -2.42. The summed E-state index contributed by atoms with van der Waals surface area (Å²) < 4.78 is 13.2. The van der Waals surface area contributed by atoms with E-state index in [9.17, 15) is 0 Å². The molecule has 2 fully saturated rings. The first kappa shape index (κ1) is 22.2. The van der Waals surface area contributed by atoms with Crippen LogP contribution in [-0.2, 0) is 16.0 Å². The lowest BCUT2D eigenvalue weighted by molar-refractivity contribution is 0.0350. The smallest absolute Gasteiger partial charge is 0.170 e. The number of rotatable bonds is 8. The first-order chi connectivity index (χ1) is 15.1. The third-order valence-corrected chi connectivity index (χ3v) is 6.76.